The van der Waals surface area contributed by atoms with Crippen LogP contribution in [-0.2, 0) is 16.1 Å². The van der Waals surface area contributed by atoms with E-state index in [1.807, 2.05) is 0 Å². The van der Waals surface area contributed by atoms with Gasteiger partial charge in [-0.3, -0.25) is 9.59 Å². The quantitative estimate of drug-likeness (QED) is 0.582. The average molecular weight is 453 g/mol. The van der Waals surface area contributed by atoms with Crippen molar-refractivity contribution >= 4 is 28.7 Å². The Balaban J connectivity index is 1.40. The summed E-state index contributed by atoms with van der Waals surface area (Å²) in [6.45, 7) is 3.45. The lowest BCUT2D eigenvalue weighted by Crippen LogP contribution is -2.37. The summed E-state index contributed by atoms with van der Waals surface area (Å²) in [5, 5.41) is 4.73. The van der Waals surface area contributed by atoms with E-state index in [0.29, 0.717) is 6.42 Å². The van der Waals surface area contributed by atoms with Gasteiger partial charge >= 0.3 is 0 Å². The second-order valence-electron chi connectivity index (χ2n) is 8.85. The third-order valence-electron chi connectivity index (χ3n) is 6.49. The standard InChI is InChI=1S/C26H32N2O3S/c1-20(29)27-18-22(30)11-10-21-6-4-13-26(14-12-21)15-16-28(19-23-7-5-17-32-23)24-8-2-3-9-25(24)31-26/h2-3,5-9,17H,4,10-16,18-19H2,1H3,(H,27,29). The van der Waals surface area contributed by atoms with Crippen LogP contribution in [0.2, 0.25) is 0 Å². The topological polar surface area (TPSA) is 58.6 Å². The third-order valence-corrected chi connectivity index (χ3v) is 7.35. The van der Waals surface area contributed by atoms with Gasteiger partial charge in [0, 0.05) is 31.2 Å². The molecule has 0 fully saturated rings. The van der Waals surface area contributed by atoms with Gasteiger partial charge in [0.1, 0.15) is 11.4 Å². The first-order chi connectivity index (χ1) is 15.5. The molecule has 4 rings (SSSR count). The van der Waals surface area contributed by atoms with E-state index in [-0.39, 0.29) is 23.8 Å². The maximum absolute atomic E-state index is 12.0. The van der Waals surface area contributed by atoms with E-state index in [1.54, 1.807) is 11.3 Å². The zero-order valence-corrected chi connectivity index (χ0v) is 19.6. The number of allylic oxidation sites excluding steroid dienone is 2. The highest BCUT2D eigenvalue weighted by atomic mass is 32.1. The summed E-state index contributed by atoms with van der Waals surface area (Å²) < 4.78 is 6.77. The molecular formula is C26H32N2O3S. The first-order valence-corrected chi connectivity index (χ1v) is 12.4. The van der Waals surface area contributed by atoms with Crippen LogP contribution in [0, 0.1) is 0 Å². The molecule has 6 heteroatoms. The lowest BCUT2D eigenvalue weighted by atomic mass is 9.89. The van der Waals surface area contributed by atoms with E-state index in [4.69, 9.17) is 4.74 Å². The van der Waals surface area contributed by atoms with Crippen LogP contribution in [0.3, 0.4) is 0 Å². The summed E-state index contributed by atoms with van der Waals surface area (Å²) in [5.74, 6) is 0.910. The second kappa shape index (κ2) is 10.3. The highest BCUT2D eigenvalue weighted by Gasteiger charge is 2.37. The number of carbonyl (C=O) groups is 2. The largest absolute Gasteiger partial charge is 0.485 e. The van der Waals surface area contributed by atoms with Gasteiger partial charge in [-0.1, -0.05) is 29.8 Å². The summed E-state index contributed by atoms with van der Waals surface area (Å²) in [6, 6.07) is 12.7. The molecule has 1 atom stereocenters. The predicted octanol–water partition coefficient (Wildman–Crippen LogP) is 5.26. The molecule has 170 valence electrons. The Hall–Kier alpha value is -2.60. The minimum Gasteiger partial charge on any atom is -0.485 e. The molecule has 1 amide bonds. The molecule has 0 saturated carbocycles. The minimum absolute atomic E-state index is 0.0870. The number of nitrogens with one attached hydrogen (secondary N) is 1. The van der Waals surface area contributed by atoms with E-state index in [0.717, 1.165) is 57.4 Å². The molecule has 1 spiro atoms. The van der Waals surface area contributed by atoms with Crippen molar-refractivity contribution in [3.63, 3.8) is 0 Å². The van der Waals surface area contributed by atoms with E-state index in [9.17, 15) is 9.59 Å². The number of para-hydroxylation sites is 2. The maximum Gasteiger partial charge on any atom is 0.217 e. The van der Waals surface area contributed by atoms with Crippen molar-refractivity contribution in [3.05, 3.63) is 58.3 Å². The normalized spacial score (nSPS) is 20.5. The van der Waals surface area contributed by atoms with Crippen molar-refractivity contribution in [1.29, 1.82) is 0 Å². The maximum atomic E-state index is 12.0. The van der Waals surface area contributed by atoms with Crippen molar-refractivity contribution in [1.82, 2.24) is 5.32 Å². The number of benzene rings is 1. The number of nitrogens with zero attached hydrogens (tertiary/aromatic N) is 1. The number of hydrogen-bond donors (Lipinski definition) is 1. The molecule has 0 bridgehead atoms. The number of carbonyl (C=O) groups excluding carboxylic acids is 2. The van der Waals surface area contributed by atoms with Gasteiger partial charge in [0.05, 0.1) is 18.8 Å². The van der Waals surface area contributed by atoms with Crippen molar-refractivity contribution in [2.24, 2.45) is 0 Å². The van der Waals surface area contributed by atoms with Gasteiger partial charge in [-0.25, -0.2) is 0 Å². The molecule has 2 aromatic rings. The molecule has 1 N–H and O–H groups in total. The molecule has 0 saturated heterocycles. The molecule has 5 nitrogen and oxygen atoms in total. The number of fused-ring (bicyclic) bond motifs is 1. The van der Waals surface area contributed by atoms with Gasteiger partial charge in [-0.15, -0.1) is 11.3 Å². The molecule has 0 radical (unpaired) electrons. The summed E-state index contributed by atoms with van der Waals surface area (Å²) in [7, 11) is 0. The van der Waals surface area contributed by atoms with Crippen molar-refractivity contribution in [3.8, 4) is 5.75 Å². The van der Waals surface area contributed by atoms with Crippen LogP contribution in [0.4, 0.5) is 5.69 Å². The molecule has 32 heavy (non-hydrogen) atoms. The third kappa shape index (κ3) is 5.80. The van der Waals surface area contributed by atoms with E-state index < -0.39 is 0 Å². The highest BCUT2D eigenvalue weighted by Crippen LogP contribution is 2.42. The molecule has 1 aromatic carbocycles. The van der Waals surface area contributed by atoms with Crippen molar-refractivity contribution in [2.75, 3.05) is 18.0 Å². The van der Waals surface area contributed by atoms with Crippen LogP contribution in [0.25, 0.3) is 0 Å². The Labute approximate surface area is 194 Å². The van der Waals surface area contributed by atoms with Crippen LogP contribution >= 0.6 is 11.3 Å². The Morgan fingerprint density at radius 1 is 1.16 bits per heavy atom. The number of hydrogen-bond acceptors (Lipinski definition) is 5. The van der Waals surface area contributed by atoms with Crippen LogP contribution < -0.4 is 15.0 Å². The number of ketones is 1. The van der Waals surface area contributed by atoms with Gasteiger partial charge in [0.15, 0.2) is 5.78 Å². The van der Waals surface area contributed by atoms with Crippen LogP contribution in [0.5, 0.6) is 5.75 Å². The summed E-state index contributed by atoms with van der Waals surface area (Å²) in [4.78, 5) is 26.9. The van der Waals surface area contributed by atoms with Crippen LogP contribution in [0.15, 0.2) is 53.4 Å². The Kier molecular flexibility index (Phi) is 7.30. The van der Waals surface area contributed by atoms with Gasteiger partial charge in [0.2, 0.25) is 5.91 Å². The predicted molar refractivity (Wildman–Crippen MR) is 129 cm³/mol. The SMILES string of the molecule is CC(=O)NCC(=O)CCC1=CCCC2(CC1)CCN(Cc1cccs1)c1ccccc1O2. The zero-order chi connectivity index (χ0) is 22.4. The summed E-state index contributed by atoms with van der Waals surface area (Å²) >= 11 is 1.80. The molecule has 1 aromatic heterocycles. The average Bonchev–Trinajstić information content (AvgIpc) is 3.15. The van der Waals surface area contributed by atoms with Gasteiger partial charge in [-0.2, -0.15) is 0 Å². The Morgan fingerprint density at radius 2 is 2.03 bits per heavy atom. The highest BCUT2D eigenvalue weighted by molar-refractivity contribution is 7.09. The van der Waals surface area contributed by atoms with Crippen molar-refractivity contribution < 1.29 is 14.3 Å². The Bertz CT molecular complexity index is 969. The fourth-order valence-electron chi connectivity index (χ4n) is 4.65. The van der Waals surface area contributed by atoms with Crippen LogP contribution in [0.1, 0.15) is 56.7 Å². The minimum atomic E-state index is -0.168. The number of thiophene rings is 1. The number of Topliss-reactive ketones (excluding diaryl/α,β-unsaturated/α-hetero) is 1. The summed E-state index contributed by atoms with van der Waals surface area (Å²) in [6.07, 6.45) is 8.47. The van der Waals surface area contributed by atoms with Gasteiger partial charge in [0.25, 0.3) is 0 Å². The van der Waals surface area contributed by atoms with Crippen molar-refractivity contribution in [2.45, 2.75) is 64.0 Å². The fourth-order valence-corrected chi connectivity index (χ4v) is 5.37. The molecule has 1 aliphatic heterocycles. The van der Waals surface area contributed by atoms with E-state index >= 15 is 0 Å². The lowest BCUT2D eigenvalue weighted by molar-refractivity contribution is -0.123. The Morgan fingerprint density at radius 3 is 2.84 bits per heavy atom. The number of ether oxygens (including phenoxy) is 1. The molecule has 1 aliphatic carbocycles. The molecule has 2 aliphatic rings. The monoisotopic (exact) mass is 452 g/mol. The fraction of sp³-hybridized carbons (Fsp3) is 0.462. The number of rotatable bonds is 7. The summed E-state index contributed by atoms with van der Waals surface area (Å²) in [5.41, 5.74) is 2.35. The van der Waals surface area contributed by atoms with Crippen LogP contribution in [-0.4, -0.2) is 30.4 Å². The molecular weight excluding hydrogens is 420 g/mol. The molecule has 2 heterocycles. The second-order valence-corrected chi connectivity index (χ2v) is 9.89. The van der Waals surface area contributed by atoms with E-state index in [2.05, 4.69) is 58.1 Å². The number of amides is 1. The first kappa shape index (κ1) is 22.6. The van der Waals surface area contributed by atoms with Gasteiger partial charge in [-0.05, 0) is 55.7 Å². The first-order valence-electron chi connectivity index (χ1n) is 11.5. The zero-order valence-electron chi connectivity index (χ0n) is 18.8. The van der Waals surface area contributed by atoms with Gasteiger partial charge < -0.3 is 15.0 Å². The molecule has 1 unspecified atom stereocenters. The smallest absolute Gasteiger partial charge is 0.217 e. The number of anilines is 1. The van der Waals surface area contributed by atoms with E-state index in [1.165, 1.54) is 23.1 Å². The lowest BCUT2D eigenvalue weighted by Gasteiger charge is -2.32.